The molecule has 0 fully saturated rings. The SMILES string of the molecule is COc1cccc(NC(=O)C(=O)NCC(=O)Nc2ccc(Cl)cc2C)c1. The lowest BCUT2D eigenvalue weighted by Gasteiger charge is -2.10. The van der Waals surface area contributed by atoms with E-state index in [1.54, 1.807) is 49.4 Å². The molecule has 0 saturated carbocycles. The van der Waals surface area contributed by atoms with Crippen LogP contribution in [0.2, 0.25) is 5.02 Å². The van der Waals surface area contributed by atoms with Gasteiger partial charge in [-0.15, -0.1) is 0 Å². The predicted octanol–water partition coefficient (Wildman–Crippen LogP) is 2.35. The van der Waals surface area contributed by atoms with Crippen molar-refractivity contribution < 1.29 is 19.1 Å². The van der Waals surface area contributed by atoms with Crippen molar-refractivity contribution in [1.82, 2.24) is 5.32 Å². The fraction of sp³-hybridized carbons (Fsp3) is 0.167. The van der Waals surface area contributed by atoms with E-state index >= 15 is 0 Å². The maximum atomic E-state index is 11.9. The molecule has 2 rings (SSSR count). The second-order valence-corrected chi connectivity index (χ2v) is 5.81. The third kappa shape index (κ3) is 5.49. The quantitative estimate of drug-likeness (QED) is 0.699. The van der Waals surface area contributed by atoms with Crippen LogP contribution in [0.1, 0.15) is 5.56 Å². The van der Waals surface area contributed by atoms with Crippen LogP contribution in [0.3, 0.4) is 0 Å². The predicted molar refractivity (Wildman–Crippen MR) is 99.5 cm³/mol. The molecule has 0 unspecified atom stereocenters. The summed E-state index contributed by atoms with van der Waals surface area (Å²) >= 11 is 5.85. The Balaban J connectivity index is 1.84. The van der Waals surface area contributed by atoms with E-state index in [-0.39, 0.29) is 6.54 Å². The number of halogens is 1. The van der Waals surface area contributed by atoms with E-state index in [0.29, 0.717) is 22.1 Å². The Morgan fingerprint density at radius 3 is 2.50 bits per heavy atom. The molecule has 26 heavy (non-hydrogen) atoms. The van der Waals surface area contributed by atoms with Gasteiger partial charge in [-0.05, 0) is 42.8 Å². The van der Waals surface area contributed by atoms with E-state index in [1.165, 1.54) is 7.11 Å². The van der Waals surface area contributed by atoms with Crippen LogP contribution in [0.25, 0.3) is 0 Å². The summed E-state index contributed by atoms with van der Waals surface area (Å²) < 4.78 is 5.04. The van der Waals surface area contributed by atoms with Gasteiger partial charge < -0.3 is 20.7 Å². The third-order valence-corrected chi connectivity index (χ3v) is 3.64. The minimum atomic E-state index is -0.921. The highest BCUT2D eigenvalue weighted by molar-refractivity contribution is 6.40. The Morgan fingerprint density at radius 1 is 1.04 bits per heavy atom. The lowest BCUT2D eigenvalue weighted by atomic mass is 10.2. The highest BCUT2D eigenvalue weighted by Gasteiger charge is 2.15. The van der Waals surface area contributed by atoms with Crippen molar-refractivity contribution in [2.75, 3.05) is 24.3 Å². The van der Waals surface area contributed by atoms with E-state index < -0.39 is 17.7 Å². The Morgan fingerprint density at radius 2 is 1.81 bits per heavy atom. The molecule has 0 heterocycles. The van der Waals surface area contributed by atoms with Crippen LogP contribution in [0.5, 0.6) is 5.75 Å². The van der Waals surface area contributed by atoms with Gasteiger partial charge in [-0.1, -0.05) is 17.7 Å². The smallest absolute Gasteiger partial charge is 0.313 e. The molecule has 0 atom stereocenters. The lowest BCUT2D eigenvalue weighted by molar-refractivity contribution is -0.136. The maximum Gasteiger partial charge on any atom is 0.313 e. The van der Waals surface area contributed by atoms with E-state index in [2.05, 4.69) is 16.0 Å². The van der Waals surface area contributed by atoms with Crippen molar-refractivity contribution >= 4 is 40.7 Å². The van der Waals surface area contributed by atoms with Crippen LogP contribution in [-0.4, -0.2) is 31.4 Å². The molecule has 136 valence electrons. The summed E-state index contributed by atoms with van der Waals surface area (Å²) in [5.74, 6) is -1.72. The number of amides is 3. The second kappa shape index (κ2) is 8.87. The van der Waals surface area contributed by atoms with Crippen LogP contribution < -0.4 is 20.7 Å². The molecule has 3 amide bonds. The summed E-state index contributed by atoms with van der Waals surface area (Å²) in [6.07, 6.45) is 0. The standard InChI is InChI=1S/C18H18ClN3O4/c1-11-8-12(19)6-7-15(11)22-16(23)10-20-17(24)18(25)21-13-4-3-5-14(9-13)26-2/h3-9H,10H2,1-2H3,(H,20,24)(H,21,25)(H,22,23). The Hall–Kier alpha value is -3.06. The van der Waals surface area contributed by atoms with E-state index in [0.717, 1.165) is 5.56 Å². The number of hydrogen-bond donors (Lipinski definition) is 3. The molecule has 0 aliphatic heterocycles. The molecule has 0 bridgehead atoms. The largest absolute Gasteiger partial charge is 0.497 e. The molecule has 0 aromatic heterocycles. The number of rotatable bonds is 5. The van der Waals surface area contributed by atoms with Gasteiger partial charge in [0.15, 0.2) is 0 Å². The van der Waals surface area contributed by atoms with Crippen molar-refractivity contribution in [1.29, 1.82) is 0 Å². The Kier molecular flexibility index (Phi) is 6.57. The molecule has 0 radical (unpaired) electrons. The summed E-state index contributed by atoms with van der Waals surface area (Å²) in [4.78, 5) is 35.6. The molecule has 3 N–H and O–H groups in total. The molecule has 0 aliphatic rings. The molecule has 0 saturated heterocycles. The number of nitrogens with one attached hydrogen (secondary N) is 3. The number of methoxy groups -OCH3 is 1. The third-order valence-electron chi connectivity index (χ3n) is 3.41. The fourth-order valence-corrected chi connectivity index (χ4v) is 2.32. The molecule has 0 aliphatic carbocycles. The van der Waals surface area contributed by atoms with Crippen molar-refractivity contribution in [3.63, 3.8) is 0 Å². The average molecular weight is 376 g/mol. The van der Waals surface area contributed by atoms with E-state index in [1.807, 2.05) is 0 Å². The van der Waals surface area contributed by atoms with Crippen LogP contribution in [-0.2, 0) is 14.4 Å². The molecule has 8 heteroatoms. The number of aryl methyl sites for hydroxylation is 1. The summed E-state index contributed by atoms with van der Waals surface area (Å²) in [5.41, 5.74) is 1.77. The van der Waals surface area contributed by atoms with Crippen LogP contribution in [0.15, 0.2) is 42.5 Å². The maximum absolute atomic E-state index is 11.9. The van der Waals surface area contributed by atoms with Gasteiger partial charge in [0.25, 0.3) is 0 Å². The first kappa shape index (κ1) is 19.3. The number of benzene rings is 2. The zero-order valence-corrected chi connectivity index (χ0v) is 15.0. The Labute approximate surface area is 155 Å². The molecular formula is C18H18ClN3O4. The summed E-state index contributed by atoms with van der Waals surface area (Å²) in [5, 5.41) is 7.88. The van der Waals surface area contributed by atoms with Gasteiger partial charge in [0.2, 0.25) is 5.91 Å². The topological polar surface area (TPSA) is 96.5 Å². The van der Waals surface area contributed by atoms with Gasteiger partial charge in [-0.3, -0.25) is 14.4 Å². The minimum absolute atomic E-state index is 0.341. The minimum Gasteiger partial charge on any atom is -0.497 e. The van der Waals surface area contributed by atoms with Gasteiger partial charge >= 0.3 is 11.8 Å². The lowest BCUT2D eigenvalue weighted by Crippen LogP contribution is -2.39. The van der Waals surface area contributed by atoms with Crippen LogP contribution in [0, 0.1) is 6.92 Å². The highest BCUT2D eigenvalue weighted by Crippen LogP contribution is 2.19. The number of ether oxygens (including phenoxy) is 1. The summed E-state index contributed by atoms with van der Waals surface area (Å²) in [6, 6.07) is 11.6. The Bertz CT molecular complexity index is 839. The van der Waals surface area contributed by atoms with Gasteiger partial charge in [0, 0.05) is 22.5 Å². The molecule has 2 aromatic rings. The van der Waals surface area contributed by atoms with Gasteiger partial charge in [-0.2, -0.15) is 0 Å². The number of carbonyl (C=O) groups excluding carboxylic acids is 3. The van der Waals surface area contributed by atoms with Gasteiger partial charge in [0.1, 0.15) is 5.75 Å². The summed E-state index contributed by atoms with van der Waals surface area (Å²) in [6.45, 7) is 1.45. The summed E-state index contributed by atoms with van der Waals surface area (Å²) in [7, 11) is 1.49. The van der Waals surface area contributed by atoms with Crippen LogP contribution in [0.4, 0.5) is 11.4 Å². The molecule has 0 spiro atoms. The molecule has 7 nitrogen and oxygen atoms in total. The first-order valence-corrected chi connectivity index (χ1v) is 8.06. The van der Waals surface area contributed by atoms with Gasteiger partial charge in [-0.25, -0.2) is 0 Å². The molecule has 2 aromatic carbocycles. The number of anilines is 2. The number of carbonyl (C=O) groups is 3. The van der Waals surface area contributed by atoms with E-state index in [9.17, 15) is 14.4 Å². The first-order valence-electron chi connectivity index (χ1n) is 7.68. The average Bonchev–Trinajstić information content (AvgIpc) is 2.62. The van der Waals surface area contributed by atoms with Crippen molar-refractivity contribution in [2.45, 2.75) is 6.92 Å². The van der Waals surface area contributed by atoms with E-state index in [4.69, 9.17) is 16.3 Å². The first-order chi connectivity index (χ1) is 12.4. The highest BCUT2D eigenvalue weighted by atomic mass is 35.5. The van der Waals surface area contributed by atoms with Crippen molar-refractivity contribution in [3.05, 3.63) is 53.1 Å². The van der Waals surface area contributed by atoms with Gasteiger partial charge in [0.05, 0.1) is 13.7 Å². The zero-order chi connectivity index (χ0) is 19.1. The normalized spacial score (nSPS) is 9.96. The second-order valence-electron chi connectivity index (χ2n) is 5.38. The van der Waals surface area contributed by atoms with Crippen molar-refractivity contribution in [3.8, 4) is 5.75 Å². The monoisotopic (exact) mass is 375 g/mol. The van der Waals surface area contributed by atoms with Crippen LogP contribution >= 0.6 is 11.6 Å². The molecular weight excluding hydrogens is 358 g/mol. The fourth-order valence-electron chi connectivity index (χ4n) is 2.09. The number of hydrogen-bond acceptors (Lipinski definition) is 4. The zero-order valence-electron chi connectivity index (χ0n) is 14.3. The van der Waals surface area contributed by atoms with Crippen molar-refractivity contribution in [2.24, 2.45) is 0 Å².